The minimum Gasteiger partial charge on any atom is -0.323 e. The average molecular weight is 276 g/mol. The lowest BCUT2D eigenvalue weighted by Gasteiger charge is -2.04. The van der Waals surface area contributed by atoms with Gasteiger partial charge in [0.15, 0.2) is 0 Å². The fraction of sp³-hybridized carbons (Fsp3) is 0.111. The lowest BCUT2D eigenvalue weighted by Crippen LogP contribution is -2.17. The molecule has 0 fully saturated rings. The van der Waals surface area contributed by atoms with Gasteiger partial charge in [0.2, 0.25) is 0 Å². The van der Waals surface area contributed by atoms with Crippen molar-refractivity contribution in [3.63, 3.8) is 0 Å². The number of nitrogens with zero attached hydrogens (tertiary/aromatic N) is 1. The minimum absolute atomic E-state index is 0.104. The van der Waals surface area contributed by atoms with Crippen LogP contribution in [-0.2, 0) is 12.8 Å². The Morgan fingerprint density at radius 3 is 1.95 bits per heavy atom. The van der Waals surface area contributed by atoms with E-state index in [2.05, 4.69) is 9.97 Å². The van der Waals surface area contributed by atoms with Crippen molar-refractivity contribution in [2.45, 2.75) is 12.8 Å². The Morgan fingerprint density at radius 1 is 0.810 bits per heavy atom. The molecular formula is C18H16N2O. The Labute approximate surface area is 123 Å². The number of hydrogen-bond donors (Lipinski definition) is 1. The van der Waals surface area contributed by atoms with Crippen LogP contribution in [0.3, 0.4) is 0 Å². The highest BCUT2D eigenvalue weighted by Gasteiger charge is 2.05. The Morgan fingerprint density at radius 2 is 1.38 bits per heavy atom. The van der Waals surface area contributed by atoms with Gasteiger partial charge in [-0.2, -0.15) is 0 Å². The van der Waals surface area contributed by atoms with E-state index in [1.165, 1.54) is 0 Å². The normalized spacial score (nSPS) is 10.5. The monoisotopic (exact) mass is 276 g/mol. The van der Waals surface area contributed by atoms with Gasteiger partial charge in [-0.25, -0.2) is 0 Å². The number of aromatic nitrogens is 2. The van der Waals surface area contributed by atoms with Gasteiger partial charge in [0.1, 0.15) is 5.69 Å². The molecule has 1 aromatic heterocycles. The van der Waals surface area contributed by atoms with E-state index in [1.54, 1.807) is 6.20 Å². The third-order valence-electron chi connectivity index (χ3n) is 3.36. The summed E-state index contributed by atoms with van der Waals surface area (Å²) in [5.41, 5.74) is 3.53. The zero-order valence-corrected chi connectivity index (χ0v) is 11.6. The molecule has 0 radical (unpaired) electrons. The number of aromatic amines is 1. The summed E-state index contributed by atoms with van der Waals surface area (Å²) in [7, 11) is 0. The maximum absolute atomic E-state index is 12.1. The largest absolute Gasteiger partial charge is 0.323 e. The highest BCUT2D eigenvalue weighted by Crippen LogP contribution is 2.07. The highest BCUT2D eigenvalue weighted by molar-refractivity contribution is 5.23. The van der Waals surface area contributed by atoms with Gasteiger partial charge in [0.25, 0.3) is 5.56 Å². The van der Waals surface area contributed by atoms with Crippen molar-refractivity contribution >= 4 is 0 Å². The van der Waals surface area contributed by atoms with Crippen molar-refractivity contribution in [1.29, 1.82) is 0 Å². The number of hydrogen-bond acceptors (Lipinski definition) is 2. The van der Waals surface area contributed by atoms with Gasteiger partial charge >= 0.3 is 0 Å². The molecule has 0 amide bonds. The van der Waals surface area contributed by atoms with Crippen LogP contribution in [0.4, 0.5) is 0 Å². The summed E-state index contributed by atoms with van der Waals surface area (Å²) in [6.45, 7) is 0. The minimum atomic E-state index is -0.104. The van der Waals surface area contributed by atoms with Crippen LogP contribution < -0.4 is 5.56 Å². The maximum atomic E-state index is 12.1. The molecule has 1 N–H and O–H groups in total. The summed E-state index contributed by atoms with van der Waals surface area (Å²) in [6.07, 6.45) is 3.00. The summed E-state index contributed by atoms with van der Waals surface area (Å²) in [5.74, 6) is 0. The summed E-state index contributed by atoms with van der Waals surface area (Å²) in [6, 6.07) is 19.9. The van der Waals surface area contributed by atoms with E-state index >= 15 is 0 Å². The molecule has 0 unspecified atom stereocenters. The highest BCUT2D eigenvalue weighted by atomic mass is 16.1. The van der Waals surface area contributed by atoms with Gasteiger partial charge in [0, 0.05) is 24.7 Å². The molecule has 0 bridgehead atoms. The first kappa shape index (κ1) is 13.3. The molecule has 0 saturated carbocycles. The molecule has 1 heterocycles. The third-order valence-corrected chi connectivity index (χ3v) is 3.36. The van der Waals surface area contributed by atoms with Crippen molar-refractivity contribution in [2.24, 2.45) is 0 Å². The summed E-state index contributed by atoms with van der Waals surface area (Å²) in [4.78, 5) is 19.4. The van der Waals surface area contributed by atoms with Crippen LogP contribution in [0, 0.1) is 0 Å². The lowest BCUT2D eigenvalue weighted by atomic mass is 10.1. The number of benzene rings is 2. The van der Waals surface area contributed by atoms with E-state index in [0.717, 1.165) is 16.8 Å². The van der Waals surface area contributed by atoms with Crippen LogP contribution in [0.15, 0.2) is 71.7 Å². The second-order valence-electron chi connectivity index (χ2n) is 5.01. The van der Waals surface area contributed by atoms with Crippen LogP contribution in [-0.4, -0.2) is 9.97 Å². The second kappa shape index (κ2) is 6.18. The van der Waals surface area contributed by atoms with Crippen molar-refractivity contribution in [3.8, 4) is 0 Å². The van der Waals surface area contributed by atoms with E-state index in [0.29, 0.717) is 18.5 Å². The predicted octanol–water partition coefficient (Wildman–Crippen LogP) is 2.95. The molecule has 0 spiro atoms. The van der Waals surface area contributed by atoms with Crippen molar-refractivity contribution in [3.05, 3.63) is 99.7 Å². The maximum Gasteiger partial charge on any atom is 0.270 e. The van der Waals surface area contributed by atoms with Crippen LogP contribution in [0.5, 0.6) is 0 Å². The zero-order chi connectivity index (χ0) is 14.5. The molecule has 21 heavy (non-hydrogen) atoms. The topological polar surface area (TPSA) is 45.8 Å². The quantitative estimate of drug-likeness (QED) is 0.796. The molecule has 3 rings (SSSR count). The predicted molar refractivity (Wildman–Crippen MR) is 83.4 cm³/mol. The summed E-state index contributed by atoms with van der Waals surface area (Å²) < 4.78 is 0. The molecule has 104 valence electrons. The smallest absolute Gasteiger partial charge is 0.270 e. The lowest BCUT2D eigenvalue weighted by molar-refractivity contribution is 0.931. The third kappa shape index (κ3) is 3.45. The van der Waals surface area contributed by atoms with Gasteiger partial charge < -0.3 is 4.98 Å². The van der Waals surface area contributed by atoms with E-state index in [-0.39, 0.29) is 5.56 Å². The van der Waals surface area contributed by atoms with Crippen molar-refractivity contribution < 1.29 is 0 Å². The Bertz CT molecular complexity index is 764. The molecule has 0 saturated heterocycles. The molecule has 0 aliphatic carbocycles. The number of H-pyrrole nitrogens is 1. The van der Waals surface area contributed by atoms with Crippen LogP contribution in [0.25, 0.3) is 0 Å². The van der Waals surface area contributed by atoms with E-state index in [9.17, 15) is 4.79 Å². The first-order valence-electron chi connectivity index (χ1n) is 6.96. The molecule has 0 aliphatic rings. The molecule has 3 nitrogen and oxygen atoms in total. The summed E-state index contributed by atoms with van der Waals surface area (Å²) in [5, 5.41) is 0. The molecule has 3 aromatic rings. The van der Waals surface area contributed by atoms with Crippen LogP contribution in [0.2, 0.25) is 0 Å². The Hall–Kier alpha value is -2.68. The van der Waals surface area contributed by atoms with Gasteiger partial charge in [0.05, 0.1) is 0 Å². The number of rotatable bonds is 4. The molecular weight excluding hydrogens is 260 g/mol. The van der Waals surface area contributed by atoms with Gasteiger partial charge in [-0.1, -0.05) is 60.7 Å². The van der Waals surface area contributed by atoms with E-state index in [4.69, 9.17) is 0 Å². The van der Waals surface area contributed by atoms with E-state index in [1.807, 2.05) is 60.7 Å². The molecule has 0 atom stereocenters. The standard InChI is InChI=1S/C18H16N2O/c21-18-17(12-15-9-5-2-6-10-15)19-13-16(20-18)11-14-7-3-1-4-8-14/h1-10,13H,11-12H2,(H,20,21). The van der Waals surface area contributed by atoms with Crippen molar-refractivity contribution in [2.75, 3.05) is 0 Å². The van der Waals surface area contributed by atoms with Crippen molar-refractivity contribution in [1.82, 2.24) is 9.97 Å². The van der Waals surface area contributed by atoms with Gasteiger partial charge in [-0.3, -0.25) is 9.78 Å². The SMILES string of the molecule is O=c1[nH]c(Cc2ccccc2)cnc1Cc1ccccc1. The summed E-state index contributed by atoms with van der Waals surface area (Å²) >= 11 is 0. The van der Waals surface area contributed by atoms with Crippen LogP contribution in [0.1, 0.15) is 22.5 Å². The fourth-order valence-corrected chi connectivity index (χ4v) is 2.29. The van der Waals surface area contributed by atoms with Gasteiger partial charge in [-0.15, -0.1) is 0 Å². The Balaban J connectivity index is 1.79. The number of nitrogens with one attached hydrogen (secondary N) is 1. The molecule has 3 heteroatoms. The average Bonchev–Trinajstić information content (AvgIpc) is 2.52. The second-order valence-corrected chi connectivity index (χ2v) is 5.01. The van der Waals surface area contributed by atoms with Gasteiger partial charge in [-0.05, 0) is 11.1 Å². The van der Waals surface area contributed by atoms with E-state index < -0.39 is 0 Å². The molecule has 0 aliphatic heterocycles. The zero-order valence-electron chi connectivity index (χ0n) is 11.6. The van der Waals surface area contributed by atoms with Crippen LogP contribution >= 0.6 is 0 Å². The molecule has 2 aromatic carbocycles. The fourth-order valence-electron chi connectivity index (χ4n) is 2.29. The first-order chi connectivity index (χ1) is 10.3. The first-order valence-corrected chi connectivity index (χ1v) is 6.96. The Kier molecular flexibility index (Phi) is 3.92.